The number of hydrogen-bond acceptors (Lipinski definition) is 2. The van der Waals surface area contributed by atoms with E-state index in [1.54, 1.807) is 7.11 Å². The van der Waals surface area contributed by atoms with E-state index < -0.39 is 11.7 Å². The standard InChI is InChI=1S/C12H14BrClFNO2/c1-18-7-8(13)4-5-16-12(17)10-6-9(14)2-3-11(10)15/h2-3,6,8H,4-5,7H2,1H3,(H,16,17). The first-order valence-electron chi connectivity index (χ1n) is 5.41. The Morgan fingerprint density at radius 1 is 1.61 bits per heavy atom. The number of carbonyl (C=O) groups is 1. The average Bonchev–Trinajstić information content (AvgIpc) is 2.32. The molecule has 1 N–H and O–H groups in total. The molecule has 0 heterocycles. The van der Waals surface area contributed by atoms with Gasteiger partial charge in [-0.25, -0.2) is 4.39 Å². The molecule has 100 valence electrons. The van der Waals surface area contributed by atoms with Crippen LogP contribution in [0.25, 0.3) is 0 Å². The molecule has 0 fully saturated rings. The minimum atomic E-state index is -0.579. The van der Waals surface area contributed by atoms with Gasteiger partial charge in [0.2, 0.25) is 0 Å². The molecule has 1 amide bonds. The topological polar surface area (TPSA) is 38.3 Å². The molecule has 3 nitrogen and oxygen atoms in total. The van der Waals surface area contributed by atoms with Crippen molar-refractivity contribution in [1.82, 2.24) is 5.32 Å². The summed E-state index contributed by atoms with van der Waals surface area (Å²) in [5.41, 5.74) is -0.0413. The van der Waals surface area contributed by atoms with Gasteiger partial charge >= 0.3 is 0 Å². The first kappa shape index (κ1) is 15.4. The van der Waals surface area contributed by atoms with Crippen LogP contribution in [0.2, 0.25) is 5.02 Å². The molecule has 0 bridgehead atoms. The number of benzene rings is 1. The Morgan fingerprint density at radius 3 is 3.00 bits per heavy atom. The van der Waals surface area contributed by atoms with E-state index in [-0.39, 0.29) is 10.4 Å². The van der Waals surface area contributed by atoms with Crippen LogP contribution in [0.4, 0.5) is 4.39 Å². The van der Waals surface area contributed by atoms with Crippen LogP contribution in [0.1, 0.15) is 16.8 Å². The van der Waals surface area contributed by atoms with Gasteiger partial charge in [-0.3, -0.25) is 4.79 Å². The lowest BCUT2D eigenvalue weighted by Gasteiger charge is -2.10. The van der Waals surface area contributed by atoms with Crippen LogP contribution in [0, 0.1) is 5.82 Å². The second-order valence-electron chi connectivity index (χ2n) is 3.72. The summed E-state index contributed by atoms with van der Waals surface area (Å²) in [5, 5.41) is 2.97. The van der Waals surface area contributed by atoms with Gasteiger partial charge in [-0.1, -0.05) is 27.5 Å². The van der Waals surface area contributed by atoms with Gasteiger partial charge in [-0.05, 0) is 24.6 Å². The summed E-state index contributed by atoms with van der Waals surface area (Å²) in [5.74, 6) is -1.05. The number of alkyl halides is 1. The smallest absolute Gasteiger partial charge is 0.254 e. The summed E-state index contributed by atoms with van der Waals surface area (Å²) in [6, 6.07) is 3.89. The second kappa shape index (κ2) is 7.71. The number of ether oxygens (including phenoxy) is 1. The van der Waals surface area contributed by atoms with Crippen LogP contribution in [0.15, 0.2) is 18.2 Å². The Balaban J connectivity index is 2.48. The molecular formula is C12H14BrClFNO2. The molecule has 0 saturated heterocycles. The van der Waals surface area contributed by atoms with E-state index in [1.807, 2.05) is 0 Å². The number of hydrogen-bond donors (Lipinski definition) is 1. The van der Waals surface area contributed by atoms with Gasteiger partial charge in [0.15, 0.2) is 0 Å². The van der Waals surface area contributed by atoms with Gasteiger partial charge < -0.3 is 10.1 Å². The zero-order valence-electron chi connectivity index (χ0n) is 9.88. The Kier molecular flexibility index (Phi) is 6.60. The largest absolute Gasteiger partial charge is 0.384 e. The van der Waals surface area contributed by atoms with E-state index in [1.165, 1.54) is 18.2 Å². The van der Waals surface area contributed by atoms with Crippen LogP contribution < -0.4 is 5.32 Å². The van der Waals surface area contributed by atoms with E-state index in [0.717, 1.165) is 0 Å². The molecule has 6 heteroatoms. The maximum Gasteiger partial charge on any atom is 0.254 e. The zero-order chi connectivity index (χ0) is 13.5. The molecule has 1 aromatic rings. The Morgan fingerprint density at radius 2 is 2.33 bits per heavy atom. The molecule has 0 saturated carbocycles. The molecule has 18 heavy (non-hydrogen) atoms. The fourth-order valence-corrected chi connectivity index (χ4v) is 2.04. The summed E-state index contributed by atoms with van der Waals surface area (Å²) in [7, 11) is 1.61. The Hall–Kier alpha value is -0.650. The highest BCUT2D eigenvalue weighted by Gasteiger charge is 2.12. The summed E-state index contributed by atoms with van der Waals surface area (Å²) in [4.78, 5) is 11.9. The summed E-state index contributed by atoms with van der Waals surface area (Å²) >= 11 is 9.11. The molecule has 0 radical (unpaired) electrons. The van der Waals surface area contributed by atoms with Gasteiger partial charge in [0.1, 0.15) is 5.82 Å². The summed E-state index contributed by atoms with van der Waals surface area (Å²) < 4.78 is 18.3. The summed E-state index contributed by atoms with van der Waals surface area (Å²) in [6.07, 6.45) is 0.696. The van der Waals surface area contributed by atoms with Crippen molar-refractivity contribution < 1.29 is 13.9 Å². The maximum atomic E-state index is 13.4. The highest BCUT2D eigenvalue weighted by molar-refractivity contribution is 9.09. The second-order valence-corrected chi connectivity index (χ2v) is 5.45. The molecule has 1 unspecified atom stereocenters. The minimum Gasteiger partial charge on any atom is -0.384 e. The van der Waals surface area contributed by atoms with E-state index in [9.17, 15) is 9.18 Å². The van der Waals surface area contributed by atoms with Crippen LogP contribution in [0.3, 0.4) is 0 Å². The third-order valence-electron chi connectivity index (χ3n) is 2.26. The molecule has 0 aliphatic rings. The van der Waals surface area contributed by atoms with E-state index in [2.05, 4.69) is 21.2 Å². The monoisotopic (exact) mass is 337 g/mol. The van der Waals surface area contributed by atoms with E-state index >= 15 is 0 Å². The quantitative estimate of drug-likeness (QED) is 0.810. The molecule has 0 aliphatic heterocycles. The minimum absolute atomic E-state index is 0.0413. The van der Waals surface area contributed by atoms with Crippen molar-refractivity contribution in [2.24, 2.45) is 0 Å². The molecule has 0 aliphatic carbocycles. The Labute approximate surface area is 119 Å². The SMILES string of the molecule is COCC(Br)CCNC(=O)c1cc(Cl)ccc1F. The molecular weight excluding hydrogens is 324 g/mol. The van der Waals surface area contributed by atoms with Crippen molar-refractivity contribution in [3.63, 3.8) is 0 Å². The van der Waals surface area contributed by atoms with E-state index in [4.69, 9.17) is 16.3 Å². The molecule has 1 atom stereocenters. The van der Waals surface area contributed by atoms with Gasteiger partial charge in [0, 0.05) is 23.5 Å². The number of halogens is 3. The zero-order valence-corrected chi connectivity index (χ0v) is 12.2. The number of carbonyl (C=O) groups excluding carboxylic acids is 1. The maximum absolute atomic E-state index is 13.4. The van der Waals surface area contributed by atoms with Crippen molar-refractivity contribution in [2.75, 3.05) is 20.3 Å². The predicted octanol–water partition coefficient (Wildman–Crippen LogP) is 3.01. The number of amides is 1. The van der Waals surface area contributed by atoms with Gasteiger partial charge in [0.25, 0.3) is 5.91 Å². The van der Waals surface area contributed by atoms with Crippen LogP contribution in [0.5, 0.6) is 0 Å². The van der Waals surface area contributed by atoms with E-state index in [0.29, 0.717) is 24.6 Å². The molecule has 0 spiro atoms. The summed E-state index contributed by atoms with van der Waals surface area (Å²) in [6.45, 7) is 0.992. The van der Waals surface area contributed by atoms with Crippen molar-refractivity contribution in [2.45, 2.75) is 11.2 Å². The first-order valence-corrected chi connectivity index (χ1v) is 6.70. The highest BCUT2D eigenvalue weighted by atomic mass is 79.9. The van der Waals surface area contributed by atoms with Crippen LogP contribution in [-0.4, -0.2) is 31.0 Å². The van der Waals surface area contributed by atoms with Gasteiger partial charge in [-0.15, -0.1) is 0 Å². The fraction of sp³-hybridized carbons (Fsp3) is 0.417. The average molecular weight is 339 g/mol. The number of rotatable bonds is 6. The fourth-order valence-electron chi connectivity index (χ4n) is 1.37. The molecule has 0 aromatic heterocycles. The third kappa shape index (κ3) is 4.92. The molecule has 1 rings (SSSR count). The lowest BCUT2D eigenvalue weighted by atomic mass is 10.2. The van der Waals surface area contributed by atoms with Crippen LogP contribution >= 0.6 is 27.5 Å². The highest BCUT2D eigenvalue weighted by Crippen LogP contribution is 2.14. The normalized spacial score (nSPS) is 12.2. The lowest BCUT2D eigenvalue weighted by molar-refractivity contribution is 0.0948. The molecule has 1 aromatic carbocycles. The van der Waals surface area contributed by atoms with Crippen molar-refractivity contribution in [3.05, 3.63) is 34.6 Å². The predicted molar refractivity (Wildman–Crippen MR) is 73.0 cm³/mol. The Bertz CT molecular complexity index is 417. The third-order valence-corrected chi connectivity index (χ3v) is 3.22. The number of methoxy groups -OCH3 is 1. The first-order chi connectivity index (χ1) is 8.54. The number of nitrogens with one attached hydrogen (secondary N) is 1. The lowest BCUT2D eigenvalue weighted by Crippen LogP contribution is -2.27. The van der Waals surface area contributed by atoms with Crippen molar-refractivity contribution in [3.8, 4) is 0 Å². The van der Waals surface area contributed by atoms with Gasteiger partial charge in [0.05, 0.1) is 12.2 Å². The van der Waals surface area contributed by atoms with Gasteiger partial charge in [-0.2, -0.15) is 0 Å². The van der Waals surface area contributed by atoms with Crippen LogP contribution in [-0.2, 0) is 4.74 Å². The van der Waals surface area contributed by atoms with Crippen molar-refractivity contribution >= 4 is 33.4 Å². The van der Waals surface area contributed by atoms with Crippen molar-refractivity contribution in [1.29, 1.82) is 0 Å².